The van der Waals surface area contributed by atoms with E-state index in [0.717, 1.165) is 12.2 Å². The average molecular weight is 253 g/mol. The summed E-state index contributed by atoms with van der Waals surface area (Å²) >= 11 is 2.02. The Morgan fingerprint density at radius 1 is 1.47 bits per heavy atom. The zero-order valence-corrected chi connectivity index (χ0v) is 11.7. The molecule has 1 aromatic heterocycles. The van der Waals surface area contributed by atoms with Crippen molar-refractivity contribution in [3.8, 4) is 0 Å². The van der Waals surface area contributed by atoms with Crippen LogP contribution in [-0.2, 0) is 6.54 Å². The van der Waals surface area contributed by atoms with Gasteiger partial charge in [0.2, 0.25) is 0 Å². The predicted octanol–water partition coefficient (Wildman–Crippen LogP) is 2.97. The first-order valence-electron chi connectivity index (χ1n) is 6.48. The third-order valence-corrected chi connectivity index (χ3v) is 5.27. The molecule has 4 heteroatoms. The van der Waals surface area contributed by atoms with Gasteiger partial charge in [0.25, 0.3) is 0 Å². The lowest BCUT2D eigenvalue weighted by atomic mass is 9.88. The van der Waals surface area contributed by atoms with Gasteiger partial charge in [0.05, 0.1) is 12.0 Å². The monoisotopic (exact) mass is 253 g/mol. The van der Waals surface area contributed by atoms with Crippen LogP contribution in [0.25, 0.3) is 0 Å². The van der Waals surface area contributed by atoms with E-state index in [4.69, 9.17) is 5.73 Å². The highest BCUT2D eigenvalue weighted by molar-refractivity contribution is 8.00. The van der Waals surface area contributed by atoms with Crippen molar-refractivity contribution in [2.24, 2.45) is 5.73 Å². The summed E-state index contributed by atoms with van der Waals surface area (Å²) < 4.78 is 2.66. The van der Waals surface area contributed by atoms with Gasteiger partial charge in [-0.15, -0.1) is 0 Å². The highest BCUT2D eigenvalue weighted by Gasteiger charge is 2.32. The topological polar surface area (TPSA) is 43.8 Å². The highest BCUT2D eigenvalue weighted by atomic mass is 32.2. The fourth-order valence-corrected chi connectivity index (χ4v) is 3.74. The molecular formula is C13H23N3S. The number of thioether (sulfide) groups is 1. The quantitative estimate of drug-likeness (QED) is 0.897. The number of hydrogen-bond donors (Lipinski definition) is 1. The number of aromatic nitrogens is 2. The molecule has 96 valence electrons. The maximum atomic E-state index is 5.98. The van der Waals surface area contributed by atoms with Crippen LogP contribution in [0.5, 0.6) is 0 Å². The van der Waals surface area contributed by atoms with E-state index in [-0.39, 0.29) is 6.04 Å². The zero-order valence-electron chi connectivity index (χ0n) is 10.9. The van der Waals surface area contributed by atoms with Crippen LogP contribution in [0.4, 0.5) is 0 Å². The summed E-state index contributed by atoms with van der Waals surface area (Å²) in [5.74, 6) is 0. The van der Waals surface area contributed by atoms with E-state index in [0.29, 0.717) is 4.75 Å². The second kappa shape index (κ2) is 5.44. The summed E-state index contributed by atoms with van der Waals surface area (Å²) in [4.78, 5) is 4.25. The number of hydrogen-bond acceptors (Lipinski definition) is 3. The van der Waals surface area contributed by atoms with Crippen molar-refractivity contribution in [3.63, 3.8) is 0 Å². The van der Waals surface area contributed by atoms with Gasteiger partial charge in [-0.3, -0.25) is 0 Å². The van der Waals surface area contributed by atoms with Crippen molar-refractivity contribution < 1.29 is 0 Å². The van der Waals surface area contributed by atoms with Crippen molar-refractivity contribution >= 4 is 11.8 Å². The zero-order chi connectivity index (χ0) is 12.3. The van der Waals surface area contributed by atoms with E-state index < -0.39 is 0 Å². The Hall–Kier alpha value is -0.480. The molecule has 0 radical (unpaired) electrons. The Kier molecular flexibility index (Phi) is 4.15. The van der Waals surface area contributed by atoms with Crippen LogP contribution in [-0.4, -0.2) is 20.6 Å². The Balaban J connectivity index is 2.14. The smallest absolute Gasteiger partial charge is 0.0949 e. The molecule has 1 aliphatic rings. The molecule has 0 saturated heterocycles. The molecule has 2 N–H and O–H groups in total. The van der Waals surface area contributed by atoms with Crippen LogP contribution in [0.1, 0.15) is 50.8 Å². The summed E-state index contributed by atoms with van der Waals surface area (Å²) in [5, 5.41) is 0. The Bertz CT molecular complexity index is 353. The molecule has 0 amide bonds. The molecule has 1 aromatic rings. The molecule has 1 saturated carbocycles. The lowest BCUT2D eigenvalue weighted by Gasteiger charge is -2.36. The lowest BCUT2D eigenvalue weighted by molar-refractivity contribution is 0.353. The minimum atomic E-state index is 0.0694. The largest absolute Gasteiger partial charge is 0.332 e. The Morgan fingerprint density at radius 2 is 2.18 bits per heavy atom. The van der Waals surface area contributed by atoms with E-state index in [1.165, 1.54) is 32.1 Å². The fourth-order valence-electron chi connectivity index (χ4n) is 2.78. The lowest BCUT2D eigenvalue weighted by Crippen LogP contribution is -2.33. The first kappa shape index (κ1) is 13.0. The van der Waals surface area contributed by atoms with Crippen molar-refractivity contribution in [1.82, 2.24) is 9.55 Å². The van der Waals surface area contributed by atoms with Crippen molar-refractivity contribution in [1.29, 1.82) is 0 Å². The molecule has 1 aliphatic carbocycles. The van der Waals surface area contributed by atoms with Crippen molar-refractivity contribution in [2.45, 2.75) is 56.4 Å². The molecule has 1 unspecified atom stereocenters. The first-order chi connectivity index (χ1) is 8.17. The molecule has 2 rings (SSSR count). The van der Waals surface area contributed by atoms with Crippen LogP contribution in [0.3, 0.4) is 0 Å². The molecule has 0 spiro atoms. The Labute approximate surface area is 108 Å². The normalized spacial score (nSPS) is 21.4. The first-order valence-corrected chi connectivity index (χ1v) is 7.70. The van der Waals surface area contributed by atoms with Gasteiger partial charge in [0.1, 0.15) is 0 Å². The van der Waals surface area contributed by atoms with Gasteiger partial charge in [0, 0.05) is 23.5 Å². The molecular weight excluding hydrogens is 230 g/mol. The molecule has 0 aromatic carbocycles. The summed E-state index contributed by atoms with van der Waals surface area (Å²) in [6.45, 7) is 3.09. The summed E-state index contributed by atoms with van der Waals surface area (Å²) in [6, 6.07) is 0.0694. The minimum Gasteiger partial charge on any atom is -0.332 e. The second-order valence-electron chi connectivity index (χ2n) is 5.18. The molecule has 1 atom stereocenters. The van der Waals surface area contributed by atoms with E-state index in [1.54, 1.807) is 0 Å². The van der Waals surface area contributed by atoms with Crippen molar-refractivity contribution in [2.75, 3.05) is 6.26 Å². The summed E-state index contributed by atoms with van der Waals surface area (Å²) in [5.41, 5.74) is 7.14. The predicted molar refractivity (Wildman–Crippen MR) is 74.2 cm³/mol. The fraction of sp³-hybridized carbons (Fsp3) is 0.769. The molecule has 17 heavy (non-hydrogen) atoms. The van der Waals surface area contributed by atoms with Gasteiger partial charge in [-0.25, -0.2) is 4.98 Å². The van der Waals surface area contributed by atoms with Crippen LogP contribution < -0.4 is 5.73 Å². The number of rotatable bonds is 4. The third kappa shape index (κ3) is 2.86. The summed E-state index contributed by atoms with van der Waals surface area (Å²) in [7, 11) is 0. The van der Waals surface area contributed by atoms with Crippen LogP contribution in [0.2, 0.25) is 0 Å². The van der Waals surface area contributed by atoms with Gasteiger partial charge in [-0.2, -0.15) is 11.8 Å². The SMILES string of the molecule is CSC1(Cn2cncc2C(C)N)CCCCC1. The van der Waals surface area contributed by atoms with Crippen LogP contribution in [0, 0.1) is 0 Å². The van der Waals surface area contributed by atoms with Crippen molar-refractivity contribution in [3.05, 3.63) is 18.2 Å². The number of imidazole rings is 1. The highest BCUT2D eigenvalue weighted by Crippen LogP contribution is 2.40. The van der Waals surface area contributed by atoms with E-state index in [9.17, 15) is 0 Å². The van der Waals surface area contributed by atoms with Gasteiger partial charge in [-0.1, -0.05) is 19.3 Å². The average Bonchev–Trinajstić information content (AvgIpc) is 2.78. The minimum absolute atomic E-state index is 0.0694. The standard InChI is InChI=1S/C13H23N3S/c1-11(14)12-8-15-10-16(12)9-13(17-2)6-4-3-5-7-13/h8,10-11H,3-7,9,14H2,1-2H3. The van der Waals surface area contributed by atoms with Crippen LogP contribution >= 0.6 is 11.8 Å². The van der Waals surface area contributed by atoms with Gasteiger partial charge in [-0.05, 0) is 26.0 Å². The van der Waals surface area contributed by atoms with E-state index in [2.05, 4.69) is 15.8 Å². The molecule has 0 bridgehead atoms. The molecule has 1 fully saturated rings. The third-order valence-electron chi connectivity index (χ3n) is 3.87. The second-order valence-corrected chi connectivity index (χ2v) is 6.46. The maximum absolute atomic E-state index is 5.98. The van der Waals surface area contributed by atoms with Gasteiger partial charge in [0.15, 0.2) is 0 Å². The molecule has 3 nitrogen and oxygen atoms in total. The number of nitrogens with zero attached hydrogens (tertiary/aromatic N) is 2. The van der Waals surface area contributed by atoms with E-state index >= 15 is 0 Å². The van der Waals surface area contributed by atoms with Gasteiger partial charge < -0.3 is 10.3 Å². The molecule has 1 heterocycles. The molecule has 0 aliphatic heterocycles. The number of nitrogens with two attached hydrogens (primary N) is 1. The van der Waals surface area contributed by atoms with Gasteiger partial charge >= 0.3 is 0 Å². The Morgan fingerprint density at radius 3 is 2.76 bits per heavy atom. The summed E-state index contributed by atoms with van der Waals surface area (Å²) in [6.07, 6.45) is 12.9. The maximum Gasteiger partial charge on any atom is 0.0949 e. The van der Waals surface area contributed by atoms with E-state index in [1.807, 2.05) is 31.2 Å². The van der Waals surface area contributed by atoms with Crippen LogP contribution in [0.15, 0.2) is 12.5 Å².